The van der Waals surface area contributed by atoms with Crippen LogP contribution in [-0.2, 0) is 16.4 Å². The van der Waals surface area contributed by atoms with Crippen molar-refractivity contribution in [1.29, 1.82) is 0 Å². The van der Waals surface area contributed by atoms with Gasteiger partial charge in [0.1, 0.15) is 4.21 Å². The maximum atomic E-state index is 11.8. The van der Waals surface area contributed by atoms with Crippen LogP contribution in [0.4, 0.5) is 0 Å². The molecule has 0 aliphatic carbocycles. The van der Waals surface area contributed by atoms with Gasteiger partial charge in [-0.1, -0.05) is 6.92 Å². The third-order valence-electron chi connectivity index (χ3n) is 2.10. The molecule has 92 valence electrons. The third-order valence-corrected chi connectivity index (χ3v) is 5.55. The van der Waals surface area contributed by atoms with Crippen LogP contribution in [0.1, 0.15) is 24.6 Å². The van der Waals surface area contributed by atoms with Crippen molar-refractivity contribution in [2.24, 2.45) is 0 Å². The van der Waals surface area contributed by atoms with E-state index in [0.29, 0.717) is 16.6 Å². The Bertz CT molecular complexity index is 414. The number of sulfonamides is 1. The number of hydrogen-bond donors (Lipinski definition) is 1. The van der Waals surface area contributed by atoms with Gasteiger partial charge in [-0.2, -0.15) is 0 Å². The van der Waals surface area contributed by atoms with Crippen molar-refractivity contribution >= 4 is 33.0 Å². The molecular formula is C10H16ClNO2S2. The fraction of sp³-hybridized carbons (Fsp3) is 0.600. The van der Waals surface area contributed by atoms with Gasteiger partial charge in [-0.05, 0) is 31.4 Å². The number of nitrogens with one attached hydrogen (secondary N) is 1. The average Bonchev–Trinajstić information content (AvgIpc) is 2.73. The monoisotopic (exact) mass is 281 g/mol. The lowest BCUT2D eigenvalue weighted by molar-refractivity contribution is 0.580. The summed E-state index contributed by atoms with van der Waals surface area (Å²) in [6, 6.07) is 3.52. The van der Waals surface area contributed by atoms with Crippen LogP contribution >= 0.6 is 22.9 Å². The summed E-state index contributed by atoms with van der Waals surface area (Å²) < 4.78 is 26.6. The molecule has 0 aromatic carbocycles. The number of alkyl halides is 1. The highest BCUT2D eigenvalue weighted by Gasteiger charge is 2.15. The largest absolute Gasteiger partial charge is 0.250 e. The highest BCUT2D eigenvalue weighted by atomic mass is 35.5. The molecule has 3 nitrogen and oxygen atoms in total. The Morgan fingerprint density at radius 1 is 1.38 bits per heavy atom. The molecule has 1 aromatic rings. The summed E-state index contributed by atoms with van der Waals surface area (Å²) in [6.45, 7) is 2.46. The van der Waals surface area contributed by atoms with Gasteiger partial charge in [0.2, 0.25) is 10.0 Å². The molecule has 0 saturated carbocycles. The van der Waals surface area contributed by atoms with Crippen LogP contribution in [0.15, 0.2) is 16.3 Å². The molecular weight excluding hydrogens is 266 g/mol. The van der Waals surface area contributed by atoms with E-state index in [1.807, 2.05) is 13.0 Å². The van der Waals surface area contributed by atoms with Crippen molar-refractivity contribution in [2.75, 3.05) is 12.4 Å². The van der Waals surface area contributed by atoms with Crippen LogP contribution in [0, 0.1) is 0 Å². The SMILES string of the molecule is CCc1ccc(S(=O)(=O)NCCCCCl)s1. The van der Waals surface area contributed by atoms with Crippen molar-refractivity contribution in [1.82, 2.24) is 4.72 Å². The van der Waals surface area contributed by atoms with Gasteiger partial charge in [-0.3, -0.25) is 0 Å². The zero-order chi connectivity index (χ0) is 12.0. The first kappa shape index (κ1) is 14.0. The van der Waals surface area contributed by atoms with E-state index in [1.165, 1.54) is 11.3 Å². The predicted octanol–water partition coefficient (Wildman–Crippen LogP) is 2.61. The lowest BCUT2D eigenvalue weighted by Crippen LogP contribution is -2.24. The fourth-order valence-corrected chi connectivity index (χ4v) is 3.79. The molecule has 0 spiro atoms. The van der Waals surface area contributed by atoms with Crippen molar-refractivity contribution in [3.05, 3.63) is 17.0 Å². The molecule has 1 aromatic heterocycles. The molecule has 16 heavy (non-hydrogen) atoms. The summed E-state index contributed by atoms with van der Waals surface area (Å²) in [6.07, 6.45) is 2.47. The summed E-state index contributed by atoms with van der Waals surface area (Å²) in [5, 5.41) is 0. The Morgan fingerprint density at radius 2 is 2.12 bits per heavy atom. The van der Waals surface area contributed by atoms with E-state index in [-0.39, 0.29) is 0 Å². The average molecular weight is 282 g/mol. The number of thiophene rings is 1. The standard InChI is InChI=1S/C10H16ClNO2S2/c1-2-9-5-6-10(15-9)16(13,14)12-8-4-3-7-11/h5-6,12H,2-4,7-8H2,1H3. The van der Waals surface area contributed by atoms with Crippen LogP contribution in [0.3, 0.4) is 0 Å². The van der Waals surface area contributed by atoms with Gasteiger partial charge >= 0.3 is 0 Å². The molecule has 6 heteroatoms. The van der Waals surface area contributed by atoms with Gasteiger partial charge < -0.3 is 0 Å². The number of halogens is 1. The van der Waals surface area contributed by atoms with Crippen LogP contribution < -0.4 is 4.72 Å². The summed E-state index contributed by atoms with van der Waals surface area (Å²) >= 11 is 6.84. The van der Waals surface area contributed by atoms with E-state index in [1.54, 1.807) is 6.07 Å². The van der Waals surface area contributed by atoms with E-state index in [4.69, 9.17) is 11.6 Å². The highest BCUT2D eigenvalue weighted by Crippen LogP contribution is 2.21. The number of unbranched alkanes of at least 4 members (excludes halogenated alkanes) is 1. The maximum absolute atomic E-state index is 11.8. The smallest absolute Gasteiger partial charge is 0.210 e. The number of rotatable bonds is 7. The first-order valence-corrected chi connectivity index (χ1v) is 8.08. The molecule has 0 aliphatic heterocycles. The summed E-state index contributed by atoms with van der Waals surface area (Å²) in [7, 11) is -3.30. The Morgan fingerprint density at radius 3 is 2.69 bits per heavy atom. The van der Waals surface area contributed by atoms with Crippen LogP contribution in [0.25, 0.3) is 0 Å². The number of aryl methyl sites for hydroxylation is 1. The summed E-state index contributed by atoms with van der Waals surface area (Å²) in [4.78, 5) is 1.08. The molecule has 1 heterocycles. The number of hydrogen-bond acceptors (Lipinski definition) is 3. The molecule has 0 bridgehead atoms. The second-order valence-electron chi connectivity index (χ2n) is 3.37. The van der Waals surface area contributed by atoms with E-state index >= 15 is 0 Å². The fourth-order valence-electron chi connectivity index (χ4n) is 1.19. The van der Waals surface area contributed by atoms with E-state index < -0.39 is 10.0 Å². The zero-order valence-corrected chi connectivity index (χ0v) is 11.6. The Kier molecular flexibility index (Phi) is 5.75. The Labute approximate surface area is 106 Å². The molecule has 0 fully saturated rings. The van der Waals surface area contributed by atoms with Crippen LogP contribution in [0.5, 0.6) is 0 Å². The molecule has 1 rings (SSSR count). The van der Waals surface area contributed by atoms with Crippen molar-refractivity contribution in [3.8, 4) is 0 Å². The molecule has 0 aliphatic rings. The predicted molar refractivity (Wildman–Crippen MR) is 68.8 cm³/mol. The quantitative estimate of drug-likeness (QED) is 0.617. The molecule has 1 N–H and O–H groups in total. The highest BCUT2D eigenvalue weighted by molar-refractivity contribution is 7.91. The first-order chi connectivity index (χ1) is 7.60. The minimum Gasteiger partial charge on any atom is -0.210 e. The zero-order valence-electron chi connectivity index (χ0n) is 9.20. The van der Waals surface area contributed by atoms with E-state index in [9.17, 15) is 8.42 Å². The summed E-state index contributed by atoms with van der Waals surface area (Å²) in [5.74, 6) is 0.570. The summed E-state index contributed by atoms with van der Waals surface area (Å²) in [5.41, 5.74) is 0. The Balaban J connectivity index is 2.56. The maximum Gasteiger partial charge on any atom is 0.250 e. The molecule has 0 atom stereocenters. The first-order valence-electron chi connectivity index (χ1n) is 5.24. The third kappa shape index (κ3) is 4.05. The Hall–Kier alpha value is -0.100. The van der Waals surface area contributed by atoms with Gasteiger partial charge in [0.15, 0.2) is 0 Å². The van der Waals surface area contributed by atoms with E-state index in [2.05, 4.69) is 4.72 Å². The lowest BCUT2D eigenvalue weighted by atomic mass is 10.3. The minimum atomic E-state index is -3.30. The van der Waals surface area contributed by atoms with Crippen LogP contribution in [0.2, 0.25) is 0 Å². The lowest BCUT2D eigenvalue weighted by Gasteiger charge is -2.03. The molecule has 0 amide bonds. The van der Waals surface area contributed by atoms with Crippen molar-refractivity contribution in [2.45, 2.75) is 30.4 Å². The van der Waals surface area contributed by atoms with Gasteiger partial charge in [0.05, 0.1) is 0 Å². The van der Waals surface area contributed by atoms with Gasteiger partial charge in [-0.15, -0.1) is 22.9 Å². The topological polar surface area (TPSA) is 46.2 Å². The van der Waals surface area contributed by atoms with Crippen molar-refractivity contribution in [3.63, 3.8) is 0 Å². The minimum absolute atomic E-state index is 0.398. The van der Waals surface area contributed by atoms with Gasteiger partial charge in [-0.25, -0.2) is 13.1 Å². The second kappa shape index (κ2) is 6.59. The van der Waals surface area contributed by atoms with Gasteiger partial charge in [0, 0.05) is 17.3 Å². The van der Waals surface area contributed by atoms with E-state index in [0.717, 1.165) is 24.1 Å². The van der Waals surface area contributed by atoms with Gasteiger partial charge in [0.25, 0.3) is 0 Å². The van der Waals surface area contributed by atoms with Crippen LogP contribution in [-0.4, -0.2) is 20.8 Å². The van der Waals surface area contributed by atoms with Crippen molar-refractivity contribution < 1.29 is 8.42 Å². The normalized spacial score (nSPS) is 11.9. The molecule has 0 radical (unpaired) electrons. The second-order valence-corrected chi connectivity index (χ2v) is 6.91. The molecule has 0 saturated heterocycles. The molecule has 0 unspecified atom stereocenters.